The monoisotopic (exact) mass is 313 g/mol. The molecule has 1 aromatic carbocycles. The molecule has 108 valence electrons. The van der Waals surface area contributed by atoms with Gasteiger partial charge in [-0.3, -0.25) is 9.79 Å². The Morgan fingerprint density at radius 3 is 2.75 bits per heavy atom. The van der Waals surface area contributed by atoms with Crippen molar-refractivity contribution in [2.75, 3.05) is 26.4 Å². The lowest BCUT2D eigenvalue weighted by Gasteiger charge is -2.12. The molecule has 0 saturated heterocycles. The molecule has 0 radical (unpaired) electrons. The highest BCUT2D eigenvalue weighted by Gasteiger charge is 2.19. The zero-order chi connectivity index (χ0) is 14.8. The SMILES string of the molecule is CN(C)S(=O)(=O)c1cccc(C(=O)NC2=NCCS2)c1. The number of hydrogen-bond acceptors (Lipinski definition) is 5. The van der Waals surface area contributed by atoms with E-state index < -0.39 is 10.0 Å². The highest BCUT2D eigenvalue weighted by atomic mass is 32.2. The first kappa shape index (κ1) is 15.0. The van der Waals surface area contributed by atoms with E-state index in [1.807, 2.05) is 0 Å². The van der Waals surface area contributed by atoms with Gasteiger partial charge in [-0.1, -0.05) is 17.8 Å². The van der Waals surface area contributed by atoms with E-state index in [1.54, 1.807) is 12.1 Å². The number of aliphatic imine (C=N–C) groups is 1. The van der Waals surface area contributed by atoms with Crippen molar-refractivity contribution in [1.29, 1.82) is 0 Å². The van der Waals surface area contributed by atoms with Gasteiger partial charge in [-0.15, -0.1) is 0 Å². The third kappa shape index (κ3) is 3.20. The van der Waals surface area contributed by atoms with Crippen LogP contribution >= 0.6 is 11.8 Å². The first-order valence-corrected chi connectivity index (χ1v) is 8.35. The predicted octanol–water partition coefficient (Wildman–Crippen LogP) is 0.770. The minimum absolute atomic E-state index is 0.0937. The standard InChI is InChI=1S/C12H15N3O3S2/c1-15(2)20(17,18)10-5-3-4-9(8-10)11(16)14-12-13-6-7-19-12/h3-5,8H,6-7H2,1-2H3,(H,13,14,16). The van der Waals surface area contributed by atoms with E-state index in [2.05, 4.69) is 10.3 Å². The molecule has 0 atom stereocenters. The van der Waals surface area contributed by atoms with Crippen LogP contribution in [0, 0.1) is 0 Å². The minimum Gasteiger partial charge on any atom is -0.301 e. The average molecular weight is 313 g/mol. The Morgan fingerprint density at radius 1 is 1.40 bits per heavy atom. The van der Waals surface area contributed by atoms with Crippen LogP contribution in [0.4, 0.5) is 0 Å². The topological polar surface area (TPSA) is 78.8 Å². The Labute approximate surface area is 122 Å². The van der Waals surface area contributed by atoms with Crippen LogP contribution in [0.1, 0.15) is 10.4 Å². The van der Waals surface area contributed by atoms with E-state index in [0.29, 0.717) is 17.3 Å². The Bertz CT molecular complexity index is 654. The van der Waals surface area contributed by atoms with Gasteiger partial charge >= 0.3 is 0 Å². The highest BCUT2D eigenvalue weighted by Crippen LogP contribution is 2.15. The number of sulfonamides is 1. The van der Waals surface area contributed by atoms with Crippen LogP contribution < -0.4 is 5.32 Å². The summed E-state index contributed by atoms with van der Waals surface area (Å²) in [5.41, 5.74) is 0.295. The van der Waals surface area contributed by atoms with Gasteiger partial charge in [-0.25, -0.2) is 12.7 Å². The summed E-state index contributed by atoms with van der Waals surface area (Å²) >= 11 is 1.47. The van der Waals surface area contributed by atoms with Gasteiger partial charge in [0.2, 0.25) is 10.0 Å². The van der Waals surface area contributed by atoms with Crippen molar-refractivity contribution in [3.8, 4) is 0 Å². The number of nitrogens with zero attached hydrogens (tertiary/aromatic N) is 2. The Kier molecular flexibility index (Phi) is 4.46. The zero-order valence-electron chi connectivity index (χ0n) is 11.2. The van der Waals surface area contributed by atoms with Gasteiger partial charge in [0.1, 0.15) is 0 Å². The molecule has 0 bridgehead atoms. The lowest BCUT2D eigenvalue weighted by atomic mass is 10.2. The number of rotatable bonds is 3. The quantitative estimate of drug-likeness (QED) is 0.894. The summed E-state index contributed by atoms with van der Waals surface area (Å²) in [6.07, 6.45) is 0. The van der Waals surface area contributed by atoms with Gasteiger partial charge in [0.25, 0.3) is 5.91 Å². The Balaban J connectivity index is 2.23. The molecule has 8 heteroatoms. The number of carbonyl (C=O) groups excluding carboxylic acids is 1. The molecule has 1 amide bonds. The third-order valence-electron chi connectivity index (χ3n) is 2.68. The molecule has 1 heterocycles. The number of thioether (sulfide) groups is 1. The molecule has 1 N–H and O–H groups in total. The van der Waals surface area contributed by atoms with E-state index in [0.717, 1.165) is 10.1 Å². The predicted molar refractivity (Wildman–Crippen MR) is 79.5 cm³/mol. The van der Waals surface area contributed by atoms with Crippen molar-refractivity contribution in [3.05, 3.63) is 29.8 Å². The van der Waals surface area contributed by atoms with Gasteiger partial charge in [0.05, 0.1) is 11.4 Å². The maximum absolute atomic E-state index is 12.0. The van der Waals surface area contributed by atoms with E-state index in [9.17, 15) is 13.2 Å². The smallest absolute Gasteiger partial charge is 0.257 e. The summed E-state index contributed by atoms with van der Waals surface area (Å²) in [5, 5.41) is 3.25. The summed E-state index contributed by atoms with van der Waals surface area (Å²) < 4.78 is 25.1. The summed E-state index contributed by atoms with van der Waals surface area (Å²) in [6.45, 7) is 0.690. The number of nitrogens with one attached hydrogen (secondary N) is 1. The molecule has 1 aliphatic rings. The molecule has 0 aromatic heterocycles. The zero-order valence-corrected chi connectivity index (χ0v) is 12.8. The lowest BCUT2D eigenvalue weighted by molar-refractivity contribution is 0.0978. The number of amides is 1. The van der Waals surface area contributed by atoms with E-state index in [1.165, 1.54) is 38.0 Å². The molecule has 0 saturated carbocycles. The van der Waals surface area contributed by atoms with Crippen molar-refractivity contribution in [1.82, 2.24) is 9.62 Å². The summed E-state index contributed by atoms with van der Waals surface area (Å²) in [7, 11) is -0.642. The molecule has 0 fully saturated rings. The summed E-state index contributed by atoms with van der Waals surface area (Å²) in [4.78, 5) is 16.3. The second-order valence-electron chi connectivity index (χ2n) is 4.30. The molecule has 2 rings (SSSR count). The van der Waals surface area contributed by atoms with Crippen molar-refractivity contribution in [3.63, 3.8) is 0 Å². The third-order valence-corrected chi connectivity index (χ3v) is 5.38. The second-order valence-corrected chi connectivity index (χ2v) is 7.54. The molecule has 6 nitrogen and oxygen atoms in total. The van der Waals surface area contributed by atoms with Crippen LogP contribution in [0.15, 0.2) is 34.2 Å². The number of benzene rings is 1. The van der Waals surface area contributed by atoms with Gasteiger partial charge in [0, 0.05) is 25.4 Å². The van der Waals surface area contributed by atoms with Crippen molar-refractivity contribution >= 4 is 32.9 Å². The van der Waals surface area contributed by atoms with Gasteiger partial charge in [-0.2, -0.15) is 0 Å². The van der Waals surface area contributed by atoms with Crippen LogP contribution in [0.25, 0.3) is 0 Å². The molecule has 0 spiro atoms. The summed E-state index contributed by atoms with van der Waals surface area (Å²) in [6, 6.07) is 5.96. The lowest BCUT2D eigenvalue weighted by Crippen LogP contribution is -2.28. The van der Waals surface area contributed by atoms with Crippen LogP contribution in [-0.2, 0) is 10.0 Å². The van der Waals surface area contributed by atoms with Gasteiger partial charge in [0.15, 0.2) is 5.17 Å². The van der Waals surface area contributed by atoms with Gasteiger partial charge in [-0.05, 0) is 18.2 Å². The largest absolute Gasteiger partial charge is 0.301 e. The normalized spacial score (nSPS) is 15.2. The second kappa shape index (κ2) is 5.94. The maximum atomic E-state index is 12.0. The Morgan fingerprint density at radius 2 is 2.15 bits per heavy atom. The Hall–Kier alpha value is -1.38. The van der Waals surface area contributed by atoms with Crippen molar-refractivity contribution in [2.24, 2.45) is 4.99 Å². The van der Waals surface area contributed by atoms with Crippen LogP contribution in [0.5, 0.6) is 0 Å². The van der Waals surface area contributed by atoms with Crippen LogP contribution in [-0.4, -0.2) is 50.2 Å². The fraction of sp³-hybridized carbons (Fsp3) is 0.333. The molecule has 1 aliphatic heterocycles. The number of hydrogen-bond donors (Lipinski definition) is 1. The molecule has 1 aromatic rings. The molecular weight excluding hydrogens is 298 g/mol. The fourth-order valence-corrected chi connectivity index (χ4v) is 3.26. The molecule has 0 unspecified atom stereocenters. The van der Waals surface area contributed by atoms with Crippen LogP contribution in [0.3, 0.4) is 0 Å². The van der Waals surface area contributed by atoms with Crippen molar-refractivity contribution in [2.45, 2.75) is 4.90 Å². The molecule has 20 heavy (non-hydrogen) atoms. The number of carbonyl (C=O) groups is 1. The van der Waals surface area contributed by atoms with Gasteiger partial charge < -0.3 is 5.32 Å². The van der Waals surface area contributed by atoms with Crippen molar-refractivity contribution < 1.29 is 13.2 Å². The minimum atomic E-state index is -3.54. The maximum Gasteiger partial charge on any atom is 0.257 e. The highest BCUT2D eigenvalue weighted by molar-refractivity contribution is 8.14. The number of amidine groups is 1. The summed E-state index contributed by atoms with van der Waals surface area (Å²) in [5.74, 6) is 0.499. The average Bonchev–Trinajstić information content (AvgIpc) is 2.91. The van der Waals surface area contributed by atoms with Crippen LogP contribution in [0.2, 0.25) is 0 Å². The molecular formula is C12H15N3O3S2. The van der Waals surface area contributed by atoms with E-state index in [-0.39, 0.29) is 10.8 Å². The molecule has 0 aliphatic carbocycles. The first-order valence-electron chi connectivity index (χ1n) is 5.92. The fourth-order valence-electron chi connectivity index (χ4n) is 1.59. The van der Waals surface area contributed by atoms with E-state index >= 15 is 0 Å². The van der Waals surface area contributed by atoms with E-state index in [4.69, 9.17) is 0 Å². The first-order chi connectivity index (χ1) is 9.41.